The summed E-state index contributed by atoms with van der Waals surface area (Å²) in [4.78, 5) is 11.6. The fourth-order valence-corrected chi connectivity index (χ4v) is 3.31. The molecule has 0 saturated heterocycles. The molecule has 1 rings (SSSR count). The Balaban J connectivity index is 3.04. The monoisotopic (exact) mass is 326 g/mol. The highest BCUT2D eigenvalue weighted by Crippen LogP contribution is 2.27. The van der Waals surface area contributed by atoms with Gasteiger partial charge in [0, 0.05) is 12.5 Å². The van der Waals surface area contributed by atoms with E-state index < -0.39 is 10.0 Å². The summed E-state index contributed by atoms with van der Waals surface area (Å²) in [5, 5.41) is 2.77. The summed E-state index contributed by atoms with van der Waals surface area (Å²) in [5.41, 5.74) is 2.63. The van der Waals surface area contributed by atoms with E-state index in [1.807, 2.05) is 32.0 Å². The van der Waals surface area contributed by atoms with Gasteiger partial charge in [0.2, 0.25) is 15.9 Å². The smallest absolute Gasteiger partial charge is 0.232 e. The molecule has 0 bridgehead atoms. The minimum atomic E-state index is -3.41. The van der Waals surface area contributed by atoms with Crippen LogP contribution in [0.5, 0.6) is 0 Å². The zero-order chi connectivity index (χ0) is 16.9. The Morgan fingerprint density at radius 3 is 2.45 bits per heavy atom. The molecule has 0 unspecified atom stereocenters. The molecule has 0 radical (unpaired) electrons. The number of para-hydroxylation sites is 1. The van der Waals surface area contributed by atoms with Crippen molar-refractivity contribution in [1.29, 1.82) is 0 Å². The Morgan fingerprint density at radius 2 is 1.95 bits per heavy atom. The third kappa shape index (κ3) is 4.73. The highest BCUT2D eigenvalue weighted by Gasteiger charge is 2.21. The number of amides is 1. The summed E-state index contributed by atoms with van der Waals surface area (Å²) >= 11 is 0. The van der Waals surface area contributed by atoms with E-state index in [-0.39, 0.29) is 18.4 Å². The topological polar surface area (TPSA) is 66.5 Å². The van der Waals surface area contributed by atoms with Crippen LogP contribution in [0.15, 0.2) is 18.2 Å². The van der Waals surface area contributed by atoms with Crippen LogP contribution in [0.4, 0.5) is 5.69 Å². The van der Waals surface area contributed by atoms with Crippen molar-refractivity contribution < 1.29 is 13.2 Å². The van der Waals surface area contributed by atoms with Gasteiger partial charge in [-0.2, -0.15) is 0 Å². The minimum absolute atomic E-state index is 0.0750. The van der Waals surface area contributed by atoms with Gasteiger partial charge in [0.05, 0.1) is 18.5 Å². The molecule has 0 spiro atoms. The van der Waals surface area contributed by atoms with Crippen LogP contribution >= 0.6 is 0 Å². The van der Waals surface area contributed by atoms with E-state index >= 15 is 0 Å². The van der Waals surface area contributed by atoms with E-state index in [9.17, 15) is 13.2 Å². The Morgan fingerprint density at radius 1 is 1.32 bits per heavy atom. The summed E-state index contributed by atoms with van der Waals surface area (Å²) in [6, 6.07) is 5.77. The van der Waals surface area contributed by atoms with Gasteiger partial charge in [-0.15, -0.1) is 0 Å². The molecule has 0 aromatic heterocycles. The second-order valence-electron chi connectivity index (χ2n) is 5.72. The minimum Gasteiger partial charge on any atom is -0.354 e. The first-order valence-corrected chi connectivity index (χ1v) is 9.37. The number of hydrogen-bond donors (Lipinski definition) is 1. The van der Waals surface area contributed by atoms with Crippen molar-refractivity contribution in [3.63, 3.8) is 0 Å². The highest BCUT2D eigenvalue weighted by molar-refractivity contribution is 7.92. The molecule has 0 fully saturated rings. The third-order valence-corrected chi connectivity index (χ3v) is 4.66. The van der Waals surface area contributed by atoms with Crippen LogP contribution in [0.25, 0.3) is 0 Å². The molecular weight excluding hydrogens is 300 g/mol. The molecule has 6 heteroatoms. The molecule has 0 aliphatic heterocycles. The number of sulfonamides is 1. The molecule has 22 heavy (non-hydrogen) atoms. The van der Waals surface area contributed by atoms with Gasteiger partial charge in [-0.1, -0.05) is 39.0 Å². The lowest BCUT2D eigenvalue weighted by Crippen LogP contribution is -2.40. The van der Waals surface area contributed by atoms with Crippen LogP contribution in [0, 0.1) is 12.8 Å². The van der Waals surface area contributed by atoms with E-state index in [0.29, 0.717) is 6.54 Å². The Bertz CT molecular complexity index is 624. The summed E-state index contributed by atoms with van der Waals surface area (Å²) in [7, 11) is -3.41. The maximum Gasteiger partial charge on any atom is 0.232 e. The van der Waals surface area contributed by atoms with Crippen LogP contribution in [-0.4, -0.2) is 33.7 Å². The average molecular weight is 326 g/mol. The van der Waals surface area contributed by atoms with Gasteiger partial charge in [-0.05, 0) is 24.5 Å². The Hall–Kier alpha value is -1.56. The number of nitrogens with one attached hydrogen (secondary N) is 1. The van der Waals surface area contributed by atoms with Gasteiger partial charge >= 0.3 is 0 Å². The molecule has 1 aromatic carbocycles. The first-order chi connectivity index (χ1) is 10.2. The molecule has 1 N–H and O–H groups in total. The largest absolute Gasteiger partial charge is 0.354 e. The lowest BCUT2D eigenvalue weighted by molar-refractivity contribution is -0.123. The first kappa shape index (κ1) is 18.5. The van der Waals surface area contributed by atoms with Gasteiger partial charge in [-0.3, -0.25) is 9.10 Å². The number of hydrogen-bond acceptors (Lipinski definition) is 3. The molecule has 0 atom stereocenters. The summed E-state index contributed by atoms with van der Waals surface area (Å²) in [5.74, 6) is -0.190. The number of aryl methyl sites for hydroxylation is 2. The Labute approximate surface area is 133 Å². The van der Waals surface area contributed by atoms with E-state index in [2.05, 4.69) is 5.32 Å². The van der Waals surface area contributed by atoms with Crippen molar-refractivity contribution in [1.82, 2.24) is 5.32 Å². The molecule has 0 aliphatic carbocycles. The number of rotatable bonds is 7. The predicted octanol–water partition coefficient (Wildman–Crippen LogP) is 2.10. The molecular formula is C16H26N2O3S. The van der Waals surface area contributed by atoms with Crippen molar-refractivity contribution in [3.05, 3.63) is 29.3 Å². The highest BCUT2D eigenvalue weighted by atomic mass is 32.2. The van der Waals surface area contributed by atoms with E-state index in [0.717, 1.165) is 23.2 Å². The zero-order valence-corrected chi connectivity index (χ0v) is 14.8. The second kappa shape index (κ2) is 7.63. The molecule has 0 aliphatic rings. The number of carbonyl (C=O) groups is 1. The number of anilines is 1. The number of carbonyl (C=O) groups excluding carboxylic acids is 1. The molecule has 0 heterocycles. The van der Waals surface area contributed by atoms with Gasteiger partial charge in [0.15, 0.2) is 0 Å². The summed E-state index contributed by atoms with van der Waals surface area (Å²) < 4.78 is 25.7. The molecule has 0 saturated carbocycles. The normalized spacial score (nSPS) is 11.5. The van der Waals surface area contributed by atoms with Crippen molar-refractivity contribution in [3.8, 4) is 0 Å². The van der Waals surface area contributed by atoms with Crippen LogP contribution < -0.4 is 9.62 Å². The summed E-state index contributed by atoms with van der Waals surface area (Å²) in [6.07, 6.45) is 1.95. The third-order valence-electron chi connectivity index (χ3n) is 3.49. The standard InChI is InChI=1S/C16H26N2O3S/c1-6-14-9-7-8-13(4)15(14)18(22(5,20)21)11-10-17-16(19)12(2)3/h7-9,12H,6,10-11H2,1-5H3,(H,17,19). The average Bonchev–Trinajstić information content (AvgIpc) is 2.42. The molecule has 124 valence electrons. The second-order valence-corrected chi connectivity index (χ2v) is 7.62. The van der Waals surface area contributed by atoms with Gasteiger partial charge < -0.3 is 5.32 Å². The van der Waals surface area contributed by atoms with Crippen LogP contribution in [-0.2, 0) is 21.2 Å². The zero-order valence-electron chi connectivity index (χ0n) is 14.0. The molecule has 5 nitrogen and oxygen atoms in total. The fourth-order valence-electron chi connectivity index (χ4n) is 2.29. The van der Waals surface area contributed by atoms with Crippen molar-refractivity contribution in [2.75, 3.05) is 23.7 Å². The summed E-state index contributed by atoms with van der Waals surface area (Å²) in [6.45, 7) is 8.04. The number of benzene rings is 1. The van der Waals surface area contributed by atoms with Crippen LogP contribution in [0.3, 0.4) is 0 Å². The van der Waals surface area contributed by atoms with Crippen molar-refractivity contribution in [2.45, 2.75) is 34.1 Å². The maximum atomic E-state index is 12.2. The van der Waals surface area contributed by atoms with Gasteiger partial charge in [-0.25, -0.2) is 8.42 Å². The van der Waals surface area contributed by atoms with E-state index in [1.165, 1.54) is 10.6 Å². The van der Waals surface area contributed by atoms with Gasteiger partial charge in [0.25, 0.3) is 0 Å². The first-order valence-electron chi connectivity index (χ1n) is 7.52. The van der Waals surface area contributed by atoms with Crippen molar-refractivity contribution >= 4 is 21.6 Å². The number of nitrogens with zero attached hydrogens (tertiary/aromatic N) is 1. The SMILES string of the molecule is CCc1cccc(C)c1N(CCNC(=O)C(C)C)S(C)(=O)=O. The van der Waals surface area contributed by atoms with Crippen LogP contribution in [0.1, 0.15) is 31.9 Å². The fraction of sp³-hybridized carbons (Fsp3) is 0.562. The van der Waals surface area contributed by atoms with E-state index in [4.69, 9.17) is 0 Å². The predicted molar refractivity (Wildman–Crippen MR) is 90.6 cm³/mol. The quantitative estimate of drug-likeness (QED) is 0.834. The lowest BCUT2D eigenvalue weighted by Gasteiger charge is -2.26. The molecule has 1 aromatic rings. The van der Waals surface area contributed by atoms with Gasteiger partial charge in [0.1, 0.15) is 0 Å². The van der Waals surface area contributed by atoms with E-state index in [1.54, 1.807) is 13.8 Å². The van der Waals surface area contributed by atoms with Crippen LogP contribution in [0.2, 0.25) is 0 Å². The Kier molecular flexibility index (Phi) is 6.41. The maximum absolute atomic E-state index is 12.2. The lowest BCUT2D eigenvalue weighted by atomic mass is 10.1. The molecule has 1 amide bonds. The van der Waals surface area contributed by atoms with Crippen molar-refractivity contribution in [2.24, 2.45) is 5.92 Å².